The van der Waals surface area contributed by atoms with Crippen LogP contribution >= 0.6 is 0 Å². The van der Waals surface area contributed by atoms with Crippen LogP contribution in [0, 0.1) is 5.92 Å². The summed E-state index contributed by atoms with van der Waals surface area (Å²) < 4.78 is 5.35. The molecule has 0 spiro atoms. The van der Waals surface area contributed by atoms with Gasteiger partial charge >= 0.3 is 0 Å². The van der Waals surface area contributed by atoms with E-state index in [1.807, 2.05) is 0 Å². The second-order valence-corrected chi connectivity index (χ2v) is 5.46. The van der Waals surface area contributed by atoms with Crippen molar-refractivity contribution in [2.45, 2.75) is 38.6 Å². The molecule has 2 unspecified atom stereocenters. The standard InChI is InChI=1S/C16H20N2O/c1-12-5-2-3-8-15(12)18-14-7-4-6-13(9-14)16-10-17-11-19-16/h4,6-7,9-12,15,18H,2-3,5,8H2,1H3. The van der Waals surface area contributed by atoms with E-state index in [-0.39, 0.29) is 0 Å². The monoisotopic (exact) mass is 256 g/mol. The van der Waals surface area contributed by atoms with E-state index in [0.717, 1.165) is 17.2 Å². The lowest BCUT2D eigenvalue weighted by atomic mass is 9.86. The van der Waals surface area contributed by atoms with Gasteiger partial charge in [0.05, 0.1) is 6.20 Å². The third-order valence-electron chi connectivity index (χ3n) is 4.04. The largest absolute Gasteiger partial charge is 0.444 e. The fourth-order valence-electron chi connectivity index (χ4n) is 2.87. The Labute approximate surface area is 114 Å². The van der Waals surface area contributed by atoms with Crippen molar-refractivity contribution in [3.63, 3.8) is 0 Å². The molecule has 3 rings (SSSR count). The van der Waals surface area contributed by atoms with E-state index in [1.54, 1.807) is 6.20 Å². The summed E-state index contributed by atoms with van der Waals surface area (Å²) in [5.41, 5.74) is 2.25. The average molecular weight is 256 g/mol. The highest BCUT2D eigenvalue weighted by Gasteiger charge is 2.20. The van der Waals surface area contributed by atoms with Gasteiger partial charge in [-0.05, 0) is 30.9 Å². The molecule has 3 nitrogen and oxygen atoms in total. The summed E-state index contributed by atoms with van der Waals surface area (Å²) in [6.07, 6.45) is 8.54. The third kappa shape index (κ3) is 2.80. The Balaban J connectivity index is 1.76. The summed E-state index contributed by atoms with van der Waals surface area (Å²) in [6, 6.07) is 8.98. The number of anilines is 1. The van der Waals surface area contributed by atoms with Gasteiger partial charge in [0.15, 0.2) is 12.2 Å². The van der Waals surface area contributed by atoms with Crippen LogP contribution in [0.2, 0.25) is 0 Å². The van der Waals surface area contributed by atoms with Crippen LogP contribution in [0.25, 0.3) is 11.3 Å². The SMILES string of the molecule is CC1CCCCC1Nc1cccc(-c2cnco2)c1. The number of nitrogens with zero attached hydrogens (tertiary/aromatic N) is 1. The van der Waals surface area contributed by atoms with E-state index >= 15 is 0 Å². The van der Waals surface area contributed by atoms with Crippen LogP contribution in [-0.2, 0) is 0 Å². The second kappa shape index (κ2) is 5.47. The minimum Gasteiger partial charge on any atom is -0.444 e. The molecule has 1 saturated carbocycles. The maximum atomic E-state index is 5.35. The summed E-state index contributed by atoms with van der Waals surface area (Å²) in [5.74, 6) is 1.57. The van der Waals surface area contributed by atoms with Crippen molar-refractivity contribution >= 4 is 5.69 Å². The van der Waals surface area contributed by atoms with Crippen molar-refractivity contribution in [1.82, 2.24) is 4.98 Å². The summed E-state index contributed by atoms with van der Waals surface area (Å²) in [5, 5.41) is 3.67. The van der Waals surface area contributed by atoms with Crippen LogP contribution in [0.4, 0.5) is 5.69 Å². The Morgan fingerprint density at radius 1 is 1.26 bits per heavy atom. The Morgan fingerprint density at radius 2 is 2.16 bits per heavy atom. The molecule has 3 heteroatoms. The minimum atomic E-state index is 0.596. The van der Waals surface area contributed by atoms with Gasteiger partial charge in [0.1, 0.15) is 0 Å². The molecular formula is C16H20N2O. The molecule has 0 bridgehead atoms. The van der Waals surface area contributed by atoms with Gasteiger partial charge in [-0.25, -0.2) is 4.98 Å². The molecule has 1 fully saturated rings. The topological polar surface area (TPSA) is 38.1 Å². The molecule has 1 aliphatic rings. The molecule has 0 amide bonds. The Kier molecular flexibility index (Phi) is 3.53. The van der Waals surface area contributed by atoms with Crippen molar-refractivity contribution in [3.8, 4) is 11.3 Å². The fourth-order valence-corrected chi connectivity index (χ4v) is 2.87. The zero-order valence-corrected chi connectivity index (χ0v) is 11.3. The van der Waals surface area contributed by atoms with Gasteiger partial charge in [-0.1, -0.05) is 31.9 Å². The molecule has 19 heavy (non-hydrogen) atoms. The van der Waals surface area contributed by atoms with Crippen LogP contribution in [0.5, 0.6) is 0 Å². The predicted octanol–water partition coefficient (Wildman–Crippen LogP) is 4.33. The molecule has 2 aromatic rings. The molecular weight excluding hydrogens is 236 g/mol. The molecule has 1 aliphatic carbocycles. The van der Waals surface area contributed by atoms with Crippen molar-refractivity contribution < 1.29 is 4.42 Å². The Bertz CT molecular complexity index is 521. The van der Waals surface area contributed by atoms with Gasteiger partial charge in [-0.3, -0.25) is 0 Å². The van der Waals surface area contributed by atoms with E-state index in [9.17, 15) is 0 Å². The first-order valence-corrected chi connectivity index (χ1v) is 7.08. The van der Waals surface area contributed by atoms with E-state index in [4.69, 9.17) is 4.42 Å². The first kappa shape index (κ1) is 12.3. The molecule has 1 aromatic heterocycles. The normalized spacial score (nSPS) is 23.2. The molecule has 100 valence electrons. The number of rotatable bonds is 3. The van der Waals surface area contributed by atoms with Gasteiger partial charge in [0, 0.05) is 17.3 Å². The molecule has 0 radical (unpaired) electrons. The van der Waals surface area contributed by atoms with Gasteiger partial charge in [-0.2, -0.15) is 0 Å². The smallest absolute Gasteiger partial charge is 0.181 e. The number of hydrogen-bond acceptors (Lipinski definition) is 3. The average Bonchev–Trinajstić information content (AvgIpc) is 2.96. The fraction of sp³-hybridized carbons (Fsp3) is 0.438. The molecule has 1 heterocycles. The first-order chi connectivity index (χ1) is 9.33. The lowest BCUT2D eigenvalue weighted by Crippen LogP contribution is -2.30. The highest BCUT2D eigenvalue weighted by atomic mass is 16.3. The van der Waals surface area contributed by atoms with E-state index < -0.39 is 0 Å². The maximum absolute atomic E-state index is 5.35. The van der Waals surface area contributed by atoms with Crippen LogP contribution in [-0.4, -0.2) is 11.0 Å². The van der Waals surface area contributed by atoms with Crippen LogP contribution in [0.1, 0.15) is 32.6 Å². The Hall–Kier alpha value is -1.77. The first-order valence-electron chi connectivity index (χ1n) is 7.08. The molecule has 1 N–H and O–H groups in total. The van der Waals surface area contributed by atoms with Crippen molar-refractivity contribution in [2.24, 2.45) is 5.92 Å². The second-order valence-electron chi connectivity index (χ2n) is 5.46. The van der Waals surface area contributed by atoms with E-state index in [2.05, 4.69) is 41.5 Å². The number of benzene rings is 1. The minimum absolute atomic E-state index is 0.596. The van der Waals surface area contributed by atoms with Crippen LogP contribution in [0.3, 0.4) is 0 Å². The molecule has 1 aromatic carbocycles. The van der Waals surface area contributed by atoms with Gasteiger partial charge in [0.2, 0.25) is 0 Å². The van der Waals surface area contributed by atoms with E-state index in [1.165, 1.54) is 37.8 Å². The molecule has 0 aliphatic heterocycles. The lowest BCUT2D eigenvalue weighted by Gasteiger charge is -2.30. The lowest BCUT2D eigenvalue weighted by molar-refractivity contribution is 0.349. The number of aromatic nitrogens is 1. The van der Waals surface area contributed by atoms with Crippen molar-refractivity contribution in [2.75, 3.05) is 5.32 Å². The summed E-state index contributed by atoms with van der Waals surface area (Å²) >= 11 is 0. The zero-order chi connectivity index (χ0) is 13.1. The number of oxazole rings is 1. The number of hydrogen-bond donors (Lipinski definition) is 1. The van der Waals surface area contributed by atoms with E-state index in [0.29, 0.717) is 6.04 Å². The maximum Gasteiger partial charge on any atom is 0.181 e. The quantitative estimate of drug-likeness (QED) is 0.888. The highest BCUT2D eigenvalue weighted by Crippen LogP contribution is 2.28. The van der Waals surface area contributed by atoms with Gasteiger partial charge in [-0.15, -0.1) is 0 Å². The molecule has 2 atom stereocenters. The highest BCUT2D eigenvalue weighted by molar-refractivity contribution is 5.63. The van der Waals surface area contributed by atoms with Gasteiger partial charge < -0.3 is 9.73 Å². The summed E-state index contributed by atoms with van der Waals surface area (Å²) in [4.78, 5) is 3.97. The third-order valence-corrected chi connectivity index (χ3v) is 4.04. The van der Waals surface area contributed by atoms with Gasteiger partial charge in [0.25, 0.3) is 0 Å². The van der Waals surface area contributed by atoms with Crippen molar-refractivity contribution in [3.05, 3.63) is 36.9 Å². The summed E-state index contributed by atoms with van der Waals surface area (Å²) in [7, 11) is 0. The summed E-state index contributed by atoms with van der Waals surface area (Å²) in [6.45, 7) is 2.34. The van der Waals surface area contributed by atoms with Crippen molar-refractivity contribution in [1.29, 1.82) is 0 Å². The van der Waals surface area contributed by atoms with Crippen LogP contribution in [0.15, 0.2) is 41.3 Å². The molecule has 0 saturated heterocycles. The Morgan fingerprint density at radius 3 is 2.95 bits per heavy atom. The van der Waals surface area contributed by atoms with Crippen LogP contribution < -0.4 is 5.32 Å². The zero-order valence-electron chi connectivity index (χ0n) is 11.3. The number of nitrogens with one attached hydrogen (secondary N) is 1. The predicted molar refractivity (Wildman–Crippen MR) is 77.0 cm³/mol.